The van der Waals surface area contributed by atoms with Gasteiger partial charge in [-0.05, 0) is 31.4 Å². The molecule has 1 heterocycles. The van der Waals surface area contributed by atoms with Gasteiger partial charge in [-0.15, -0.1) is 11.8 Å². The molecule has 0 aromatic heterocycles. The Kier molecular flexibility index (Phi) is 5.13. The summed E-state index contributed by atoms with van der Waals surface area (Å²) in [6, 6.07) is 5.54. The summed E-state index contributed by atoms with van der Waals surface area (Å²) in [6.45, 7) is 2.33. The fourth-order valence-corrected chi connectivity index (χ4v) is 4.42. The number of amides is 1. The molecule has 120 valence electrons. The van der Waals surface area contributed by atoms with Crippen molar-refractivity contribution in [2.24, 2.45) is 0 Å². The topological polar surface area (TPSA) is 47.6 Å². The Morgan fingerprint density at radius 1 is 1.27 bits per heavy atom. The van der Waals surface area contributed by atoms with Crippen LogP contribution in [0, 0.1) is 0 Å². The zero-order valence-corrected chi connectivity index (χ0v) is 13.8. The van der Waals surface area contributed by atoms with Crippen LogP contribution >= 0.6 is 11.8 Å². The molecule has 5 heteroatoms. The van der Waals surface area contributed by atoms with E-state index in [0.29, 0.717) is 11.0 Å². The van der Waals surface area contributed by atoms with Gasteiger partial charge in [-0.3, -0.25) is 4.79 Å². The van der Waals surface area contributed by atoms with Crippen LogP contribution < -0.4 is 14.8 Å². The Balaban J connectivity index is 1.59. The lowest BCUT2D eigenvalue weighted by Gasteiger charge is -2.25. The summed E-state index contributed by atoms with van der Waals surface area (Å²) in [7, 11) is 0. The van der Waals surface area contributed by atoms with E-state index in [1.807, 2.05) is 30.0 Å². The van der Waals surface area contributed by atoms with Crippen molar-refractivity contribution in [3.05, 3.63) is 18.2 Å². The van der Waals surface area contributed by atoms with Crippen LogP contribution in [0.15, 0.2) is 18.2 Å². The molecule has 4 nitrogen and oxygen atoms in total. The lowest BCUT2D eigenvalue weighted by Crippen LogP contribution is -2.27. The molecule has 1 fully saturated rings. The van der Waals surface area contributed by atoms with Crippen LogP contribution in [-0.4, -0.2) is 23.2 Å². The van der Waals surface area contributed by atoms with Crippen LogP contribution in [0.3, 0.4) is 0 Å². The number of hydrogen-bond donors (Lipinski definition) is 1. The van der Waals surface area contributed by atoms with Crippen molar-refractivity contribution < 1.29 is 14.3 Å². The summed E-state index contributed by atoms with van der Waals surface area (Å²) in [5, 5.41) is 3.68. The smallest absolute Gasteiger partial charge is 0.237 e. The average Bonchev–Trinajstić information content (AvgIpc) is 3.01. The van der Waals surface area contributed by atoms with E-state index in [-0.39, 0.29) is 18.0 Å². The molecule has 22 heavy (non-hydrogen) atoms. The fraction of sp³-hybridized carbons (Fsp3) is 0.588. The standard InChI is InChI=1S/C17H23NO3S/c1-2-16(22-13-6-4-3-5-7-13)17(19)18-12-8-9-14-15(10-12)21-11-20-14/h8-10,13,16H,2-7,11H2,1H3,(H,18,19). The second kappa shape index (κ2) is 7.27. The average molecular weight is 321 g/mol. The number of rotatable bonds is 5. The van der Waals surface area contributed by atoms with E-state index in [2.05, 4.69) is 12.2 Å². The molecule has 3 rings (SSSR count). The summed E-state index contributed by atoms with van der Waals surface area (Å²) in [5.41, 5.74) is 0.775. The SMILES string of the molecule is CCC(SC1CCCCC1)C(=O)Nc1ccc2c(c1)OCO2. The Hall–Kier alpha value is -1.36. The minimum atomic E-state index is 0.0218. The first kappa shape index (κ1) is 15.5. The molecule has 1 aliphatic carbocycles. The van der Waals surface area contributed by atoms with E-state index in [1.165, 1.54) is 32.1 Å². The van der Waals surface area contributed by atoms with Gasteiger partial charge in [-0.2, -0.15) is 0 Å². The highest BCUT2D eigenvalue weighted by Crippen LogP contribution is 2.35. The van der Waals surface area contributed by atoms with Gasteiger partial charge in [0.1, 0.15) is 0 Å². The number of thioether (sulfide) groups is 1. The highest BCUT2D eigenvalue weighted by Gasteiger charge is 2.24. The molecule has 0 radical (unpaired) electrons. The van der Waals surface area contributed by atoms with Gasteiger partial charge in [0.15, 0.2) is 11.5 Å². The molecule has 0 bridgehead atoms. The van der Waals surface area contributed by atoms with E-state index in [1.54, 1.807) is 0 Å². The molecule has 1 saturated carbocycles. The van der Waals surface area contributed by atoms with Crippen LogP contribution in [0.2, 0.25) is 0 Å². The predicted octanol–water partition coefficient (Wildman–Crippen LogP) is 4.20. The van der Waals surface area contributed by atoms with E-state index in [0.717, 1.165) is 17.9 Å². The molecule has 0 spiro atoms. The number of hydrogen-bond acceptors (Lipinski definition) is 4. The number of carbonyl (C=O) groups is 1. The quantitative estimate of drug-likeness (QED) is 0.883. The largest absolute Gasteiger partial charge is 0.454 e. The number of benzene rings is 1. The van der Waals surface area contributed by atoms with Crippen LogP contribution in [0.5, 0.6) is 11.5 Å². The summed E-state index contributed by atoms with van der Waals surface area (Å²) < 4.78 is 10.6. The van der Waals surface area contributed by atoms with Crippen molar-refractivity contribution in [1.29, 1.82) is 0 Å². The second-order valence-electron chi connectivity index (χ2n) is 5.85. The maximum Gasteiger partial charge on any atom is 0.237 e. The Bertz CT molecular complexity index is 529. The zero-order chi connectivity index (χ0) is 15.4. The lowest BCUT2D eigenvalue weighted by atomic mass is 10.0. The van der Waals surface area contributed by atoms with Gasteiger partial charge in [0, 0.05) is 17.0 Å². The van der Waals surface area contributed by atoms with Gasteiger partial charge < -0.3 is 14.8 Å². The van der Waals surface area contributed by atoms with Crippen LogP contribution in [0.25, 0.3) is 0 Å². The van der Waals surface area contributed by atoms with Gasteiger partial charge in [0.2, 0.25) is 12.7 Å². The molecule has 1 atom stereocenters. The van der Waals surface area contributed by atoms with Crippen LogP contribution in [0.4, 0.5) is 5.69 Å². The Morgan fingerprint density at radius 2 is 2.05 bits per heavy atom. The van der Waals surface area contributed by atoms with Gasteiger partial charge in [0.05, 0.1) is 5.25 Å². The summed E-state index contributed by atoms with van der Waals surface area (Å²) >= 11 is 1.85. The highest BCUT2D eigenvalue weighted by atomic mass is 32.2. The monoisotopic (exact) mass is 321 g/mol. The summed E-state index contributed by atoms with van der Waals surface area (Å²) in [4.78, 5) is 12.5. The molecule has 1 N–H and O–H groups in total. The first-order valence-corrected chi connectivity index (χ1v) is 9.06. The lowest BCUT2D eigenvalue weighted by molar-refractivity contribution is -0.115. The minimum absolute atomic E-state index is 0.0218. The van der Waals surface area contributed by atoms with E-state index < -0.39 is 0 Å². The van der Waals surface area contributed by atoms with Crippen LogP contribution in [0.1, 0.15) is 45.4 Å². The molecule has 1 amide bonds. The molecule has 1 aliphatic heterocycles. The number of anilines is 1. The minimum Gasteiger partial charge on any atom is -0.454 e. The molecule has 2 aliphatic rings. The van der Waals surface area contributed by atoms with Gasteiger partial charge in [-0.1, -0.05) is 26.2 Å². The van der Waals surface area contributed by atoms with Crippen molar-refractivity contribution >= 4 is 23.4 Å². The molecule has 1 aromatic carbocycles. The molecular formula is C17H23NO3S. The molecule has 1 unspecified atom stereocenters. The first-order chi connectivity index (χ1) is 10.8. The third-order valence-electron chi connectivity index (χ3n) is 4.21. The van der Waals surface area contributed by atoms with Crippen molar-refractivity contribution in [2.45, 2.75) is 55.9 Å². The maximum absolute atomic E-state index is 12.5. The van der Waals surface area contributed by atoms with Crippen molar-refractivity contribution in [1.82, 2.24) is 0 Å². The molecular weight excluding hydrogens is 298 g/mol. The van der Waals surface area contributed by atoms with E-state index in [9.17, 15) is 4.79 Å². The number of nitrogens with one attached hydrogen (secondary N) is 1. The zero-order valence-electron chi connectivity index (χ0n) is 13.0. The van der Waals surface area contributed by atoms with E-state index >= 15 is 0 Å². The van der Waals surface area contributed by atoms with Gasteiger partial charge >= 0.3 is 0 Å². The first-order valence-electron chi connectivity index (χ1n) is 8.12. The van der Waals surface area contributed by atoms with Crippen molar-refractivity contribution in [3.8, 4) is 11.5 Å². The predicted molar refractivity (Wildman–Crippen MR) is 89.7 cm³/mol. The molecule has 0 saturated heterocycles. The van der Waals surface area contributed by atoms with Crippen molar-refractivity contribution in [3.63, 3.8) is 0 Å². The van der Waals surface area contributed by atoms with Gasteiger partial charge in [-0.25, -0.2) is 0 Å². The van der Waals surface area contributed by atoms with E-state index in [4.69, 9.17) is 9.47 Å². The highest BCUT2D eigenvalue weighted by molar-refractivity contribution is 8.01. The normalized spacial score (nSPS) is 19.0. The summed E-state index contributed by atoms with van der Waals surface area (Å²) in [5.74, 6) is 1.53. The Labute approximate surface area is 135 Å². The maximum atomic E-state index is 12.5. The van der Waals surface area contributed by atoms with Crippen molar-refractivity contribution in [2.75, 3.05) is 12.1 Å². The summed E-state index contributed by atoms with van der Waals surface area (Å²) in [6.07, 6.45) is 7.31. The third-order valence-corrected chi connectivity index (χ3v) is 5.94. The molecule has 1 aromatic rings. The third kappa shape index (κ3) is 3.69. The second-order valence-corrected chi connectivity index (χ2v) is 7.36. The number of fused-ring (bicyclic) bond motifs is 1. The number of ether oxygens (including phenoxy) is 2. The van der Waals surface area contributed by atoms with Gasteiger partial charge in [0.25, 0.3) is 0 Å². The fourth-order valence-electron chi connectivity index (χ4n) is 2.97. The van der Waals surface area contributed by atoms with Crippen LogP contribution in [-0.2, 0) is 4.79 Å². The number of carbonyl (C=O) groups excluding carboxylic acids is 1. The Morgan fingerprint density at radius 3 is 2.82 bits per heavy atom.